The maximum Gasteiger partial charge on any atom is 0.280 e. The molecule has 1 N–H and O–H groups in total. The summed E-state index contributed by atoms with van der Waals surface area (Å²) in [6.07, 6.45) is 3.18. The second-order valence-corrected chi connectivity index (χ2v) is 4.25. The summed E-state index contributed by atoms with van der Waals surface area (Å²) in [7, 11) is 0. The van der Waals surface area contributed by atoms with E-state index in [1.165, 1.54) is 9.36 Å². The molecule has 0 spiro atoms. The van der Waals surface area contributed by atoms with Gasteiger partial charge in [-0.25, -0.2) is 9.97 Å². The van der Waals surface area contributed by atoms with Crippen molar-refractivity contribution in [1.82, 2.24) is 19.3 Å². The average molecular weight is 268 g/mol. The maximum atomic E-state index is 12.3. The molecule has 100 valence electrons. The first-order valence-electron chi connectivity index (χ1n) is 6.06. The van der Waals surface area contributed by atoms with Crippen molar-refractivity contribution in [3.8, 4) is 17.5 Å². The molecular weight excluding hydrogens is 256 g/mol. The standard InChI is InChI=1S/C14H12N4O2/c1-10-13(19)17(11-6-2-4-8-15-11)18(14(10)20)12-7-3-5-9-16-12/h2-9,19H,1H3. The lowest BCUT2D eigenvalue weighted by molar-refractivity contribution is 0.419. The molecule has 3 aromatic rings. The Morgan fingerprint density at radius 2 is 1.50 bits per heavy atom. The number of hydrogen-bond acceptors (Lipinski definition) is 4. The summed E-state index contributed by atoms with van der Waals surface area (Å²) in [6.45, 7) is 1.57. The molecule has 0 aliphatic rings. The van der Waals surface area contributed by atoms with Crippen LogP contribution in [0.1, 0.15) is 5.56 Å². The summed E-state index contributed by atoms with van der Waals surface area (Å²) < 4.78 is 2.65. The fourth-order valence-electron chi connectivity index (χ4n) is 1.97. The lowest BCUT2D eigenvalue weighted by Crippen LogP contribution is -2.22. The van der Waals surface area contributed by atoms with E-state index in [0.29, 0.717) is 11.6 Å². The van der Waals surface area contributed by atoms with Crippen LogP contribution in [0, 0.1) is 6.92 Å². The van der Waals surface area contributed by atoms with Gasteiger partial charge in [0.15, 0.2) is 11.6 Å². The zero-order chi connectivity index (χ0) is 14.1. The van der Waals surface area contributed by atoms with Crippen molar-refractivity contribution in [3.63, 3.8) is 0 Å². The molecule has 6 heteroatoms. The molecule has 0 saturated carbocycles. The third-order valence-corrected chi connectivity index (χ3v) is 2.98. The molecule has 0 fully saturated rings. The third kappa shape index (κ3) is 1.78. The van der Waals surface area contributed by atoms with Crippen molar-refractivity contribution in [2.75, 3.05) is 0 Å². The van der Waals surface area contributed by atoms with Crippen LogP contribution in [0.15, 0.2) is 53.6 Å². The Bertz CT molecular complexity index is 791. The van der Waals surface area contributed by atoms with Crippen LogP contribution in [0.3, 0.4) is 0 Å². The number of rotatable bonds is 2. The molecule has 0 saturated heterocycles. The maximum absolute atomic E-state index is 12.3. The van der Waals surface area contributed by atoms with E-state index in [1.54, 1.807) is 55.7 Å². The predicted octanol–water partition coefficient (Wildman–Crippen LogP) is 1.43. The fraction of sp³-hybridized carbons (Fsp3) is 0.0714. The minimum Gasteiger partial charge on any atom is -0.493 e. The van der Waals surface area contributed by atoms with Gasteiger partial charge in [0.05, 0.1) is 5.56 Å². The van der Waals surface area contributed by atoms with Crippen molar-refractivity contribution in [3.05, 3.63) is 64.7 Å². The molecular formula is C14H12N4O2. The molecule has 0 aliphatic carbocycles. The molecule has 0 amide bonds. The highest BCUT2D eigenvalue weighted by Gasteiger charge is 2.19. The zero-order valence-electron chi connectivity index (χ0n) is 10.8. The van der Waals surface area contributed by atoms with Gasteiger partial charge in [0, 0.05) is 12.4 Å². The monoisotopic (exact) mass is 268 g/mol. The summed E-state index contributed by atoms with van der Waals surface area (Å²) in [5.74, 6) is 0.728. The summed E-state index contributed by atoms with van der Waals surface area (Å²) in [4.78, 5) is 20.6. The molecule has 3 heterocycles. The van der Waals surface area contributed by atoms with Crippen LogP contribution in [0.2, 0.25) is 0 Å². The summed E-state index contributed by atoms with van der Waals surface area (Å²) in [5, 5.41) is 10.2. The minimum absolute atomic E-state index is 0.139. The van der Waals surface area contributed by atoms with Gasteiger partial charge in [-0.2, -0.15) is 9.36 Å². The number of aromatic hydroxyl groups is 1. The quantitative estimate of drug-likeness (QED) is 0.763. The first kappa shape index (κ1) is 12.2. The second kappa shape index (κ2) is 4.65. The molecule has 0 aliphatic heterocycles. The molecule has 0 bridgehead atoms. The van der Waals surface area contributed by atoms with Crippen LogP contribution < -0.4 is 5.56 Å². The topological polar surface area (TPSA) is 72.9 Å². The van der Waals surface area contributed by atoms with E-state index >= 15 is 0 Å². The largest absolute Gasteiger partial charge is 0.493 e. The number of nitrogens with zero attached hydrogens (tertiary/aromatic N) is 4. The van der Waals surface area contributed by atoms with E-state index < -0.39 is 0 Å². The third-order valence-electron chi connectivity index (χ3n) is 2.98. The first-order chi connectivity index (χ1) is 9.70. The fourth-order valence-corrected chi connectivity index (χ4v) is 1.97. The summed E-state index contributed by atoms with van der Waals surface area (Å²) in [6, 6.07) is 10.5. The van der Waals surface area contributed by atoms with E-state index in [-0.39, 0.29) is 17.0 Å². The highest BCUT2D eigenvalue weighted by Crippen LogP contribution is 2.19. The lowest BCUT2D eigenvalue weighted by Gasteiger charge is -2.10. The zero-order valence-corrected chi connectivity index (χ0v) is 10.8. The van der Waals surface area contributed by atoms with Gasteiger partial charge >= 0.3 is 0 Å². The predicted molar refractivity (Wildman–Crippen MR) is 73.4 cm³/mol. The average Bonchev–Trinajstić information content (AvgIpc) is 2.73. The molecule has 20 heavy (non-hydrogen) atoms. The van der Waals surface area contributed by atoms with Gasteiger partial charge in [-0.15, -0.1) is 0 Å². The minimum atomic E-state index is -0.327. The molecule has 6 nitrogen and oxygen atoms in total. The van der Waals surface area contributed by atoms with Gasteiger partial charge in [0.25, 0.3) is 5.56 Å². The Morgan fingerprint density at radius 1 is 0.950 bits per heavy atom. The SMILES string of the molecule is Cc1c(O)n(-c2ccccn2)n(-c2ccccn2)c1=O. The van der Waals surface area contributed by atoms with Gasteiger partial charge in [-0.05, 0) is 31.2 Å². The molecule has 0 radical (unpaired) electrons. The molecule has 0 aromatic carbocycles. The van der Waals surface area contributed by atoms with Crippen LogP contribution in [0.5, 0.6) is 5.88 Å². The van der Waals surface area contributed by atoms with Crippen molar-refractivity contribution in [2.24, 2.45) is 0 Å². The van der Waals surface area contributed by atoms with Crippen molar-refractivity contribution in [2.45, 2.75) is 6.92 Å². The smallest absolute Gasteiger partial charge is 0.280 e. The van der Waals surface area contributed by atoms with Gasteiger partial charge < -0.3 is 5.11 Å². The van der Waals surface area contributed by atoms with Crippen LogP contribution in [0.25, 0.3) is 11.6 Å². The molecule has 3 aromatic heterocycles. The number of pyridine rings is 2. The Kier molecular flexibility index (Phi) is 2.83. The van der Waals surface area contributed by atoms with E-state index in [4.69, 9.17) is 0 Å². The summed E-state index contributed by atoms with van der Waals surface area (Å²) in [5.41, 5.74) is -0.0758. The normalized spacial score (nSPS) is 10.7. The van der Waals surface area contributed by atoms with E-state index in [0.717, 1.165) is 0 Å². The summed E-state index contributed by atoms with van der Waals surface area (Å²) >= 11 is 0. The van der Waals surface area contributed by atoms with Crippen LogP contribution in [-0.4, -0.2) is 24.4 Å². The van der Waals surface area contributed by atoms with Gasteiger partial charge in [-0.1, -0.05) is 12.1 Å². The van der Waals surface area contributed by atoms with Crippen molar-refractivity contribution < 1.29 is 5.11 Å². The number of aromatic nitrogens is 4. The molecule has 3 rings (SSSR count). The van der Waals surface area contributed by atoms with Crippen LogP contribution in [-0.2, 0) is 0 Å². The lowest BCUT2D eigenvalue weighted by atomic mass is 10.4. The molecule has 0 unspecified atom stereocenters. The first-order valence-corrected chi connectivity index (χ1v) is 6.06. The Hall–Kier alpha value is -2.89. The van der Waals surface area contributed by atoms with Crippen LogP contribution in [0.4, 0.5) is 0 Å². The van der Waals surface area contributed by atoms with Gasteiger partial charge in [-0.3, -0.25) is 4.79 Å². The second-order valence-electron chi connectivity index (χ2n) is 4.25. The Balaban J connectivity index is 2.36. The van der Waals surface area contributed by atoms with E-state index in [1.807, 2.05) is 0 Å². The Morgan fingerprint density at radius 3 is 2.00 bits per heavy atom. The van der Waals surface area contributed by atoms with Crippen molar-refractivity contribution in [1.29, 1.82) is 0 Å². The highest BCUT2D eigenvalue weighted by atomic mass is 16.3. The van der Waals surface area contributed by atoms with Gasteiger partial charge in [0.1, 0.15) is 0 Å². The van der Waals surface area contributed by atoms with Crippen molar-refractivity contribution >= 4 is 0 Å². The van der Waals surface area contributed by atoms with Crippen LogP contribution >= 0.6 is 0 Å². The Labute approximate surface area is 114 Å². The highest BCUT2D eigenvalue weighted by molar-refractivity contribution is 5.36. The van der Waals surface area contributed by atoms with E-state index in [9.17, 15) is 9.90 Å². The van der Waals surface area contributed by atoms with Gasteiger partial charge in [0.2, 0.25) is 5.88 Å². The van der Waals surface area contributed by atoms with E-state index in [2.05, 4.69) is 9.97 Å². The number of hydrogen-bond donors (Lipinski definition) is 1. The molecule has 0 atom stereocenters.